The maximum atomic E-state index is 12.9. The molecule has 20 N–H and O–H groups in total. The Balaban J connectivity index is 0.000000113. The van der Waals surface area contributed by atoms with Gasteiger partial charge >= 0.3 is 6.03 Å². The summed E-state index contributed by atoms with van der Waals surface area (Å²) in [6.45, 7) is 20.7. The fourth-order valence-electron chi connectivity index (χ4n) is 18.6. The number of morpholine rings is 1. The average molecular weight is 2000 g/mol. The molecule has 0 spiro atoms. The first-order valence-corrected chi connectivity index (χ1v) is 49.2. The van der Waals surface area contributed by atoms with E-state index in [1.807, 2.05) is 227 Å². The fourth-order valence-corrected chi connectivity index (χ4v) is 18.6. The lowest BCUT2D eigenvalue weighted by atomic mass is 10.1. The van der Waals surface area contributed by atoms with Gasteiger partial charge in [0.2, 0.25) is 17.7 Å². The molecule has 756 valence electrons. The number of urea groups is 1. The predicted molar refractivity (Wildman–Crippen MR) is 573 cm³/mol. The maximum Gasteiger partial charge on any atom is 0.320 e. The van der Waals surface area contributed by atoms with Crippen molar-refractivity contribution < 1.29 is 28.7 Å². The normalized spacial score (nSPS) is 12.5. The van der Waals surface area contributed by atoms with Crippen LogP contribution in [0.25, 0.3) is 166 Å². The SMILES string of the molecule is CCN(Cc1nc2c([nH]1)c(N)nc1cc(-c3ccn[nH]3)ccc12)C(=O)C1CC1.CCN(Cc1nc2c([nH]1)c(N)nc1cc(-c3ccn[nH]3)ccc12)C(=O)Cc1cccc(C)c1.CCN(Cc1nc2c([nH]1)c(N)nc1cc(-c3ccn[nH]3)ccc12)C(=O)N1CCOCC1.CCN(Cc1nc2c([nH]1)c(N)nc1cc(-c3ccn[nH]3)ccc12)C(=O)c1cccn1C.CCN(Cc1nc2c([nH]1)c(N)nc1cc(-c3ccn[nH]3)ccc12)C(C)=O. The number of H-pyrrole nitrogens is 10. The largest absolute Gasteiger partial charge is 0.382 e. The van der Waals surface area contributed by atoms with E-state index >= 15 is 0 Å². The monoisotopic (exact) mass is 2000 g/mol. The van der Waals surface area contributed by atoms with Crippen LogP contribution in [-0.4, -0.2) is 248 Å². The second-order valence-corrected chi connectivity index (χ2v) is 36.5. The standard InChI is InChI=1S/C25H25N7O.C22H22N8O.C21H24N8O2.C20H21N7O.C18H19N7O/c1-3-32(22(33)12-16-6-4-5-15(2)11-16)14-21-29-23-18-8-7-17(19-9-10-27-31-19)13-20(18)28-25(26)24(23)30-21;1-3-30(22(31)17-5-4-10-29(17)2)12-18-26-19-14-7-6-13(15-8-9-24-28-15)11-16(14)25-21(23)20(19)27-18;1-2-28(21(30)29-7-9-31-10-8-29)12-17-25-18-14-4-3-13(15-5-6-23-27-15)11-16(14)24-20(22)19(18)26-17;1-2-27(20(28)11-3-4-11)10-16-24-17-13-6-5-12(14-7-8-22-26-14)9-15(13)23-19(21)18(17)25-16;1-3-25(10(2)26)9-15-22-16-12-5-4-11(13-6-7-20-24-13)8-14(12)21-18(19)17(16)23-15/h4-11,13H,3,12,14H2,1-2H3,(H2,26,28)(H,27,31)(H,29,30);4-11H,3,12H2,1-2H3,(H2,23,25)(H,24,28)(H,26,27);3-6,11H,2,7-10,12H2,1H3,(H2,22,24)(H,23,27)(H,25,26);5-9,11H,2-4,10H2,1H3,(H2,21,23)(H,22,26)(H,24,25);4-8H,3,9H2,1-2H3,(H2,19,21)(H,20,24)(H,22,23). The second kappa shape index (κ2) is 42.2. The third-order valence-electron chi connectivity index (χ3n) is 26.7. The van der Waals surface area contributed by atoms with Crippen molar-refractivity contribution >= 4 is 168 Å². The lowest BCUT2D eigenvalue weighted by Gasteiger charge is -2.32. The molecule has 17 heterocycles. The van der Waals surface area contributed by atoms with Crippen LogP contribution < -0.4 is 28.7 Å². The summed E-state index contributed by atoms with van der Waals surface area (Å²) in [7, 11) is 1.86. The Morgan fingerprint density at radius 2 is 0.698 bits per heavy atom. The number of ether oxygens (including phenoxy) is 1. The zero-order chi connectivity index (χ0) is 103. The molecule has 0 radical (unpaired) electrons. The number of pyridine rings is 5. The molecule has 2 fully saturated rings. The summed E-state index contributed by atoms with van der Waals surface area (Å²) in [6.07, 6.45) is 12.8. The fraction of sp³-hybridized carbons (Fsp3) is 0.245. The molecule has 0 bridgehead atoms. The molecule has 1 saturated heterocycles. The molecule has 43 heteroatoms. The van der Waals surface area contributed by atoms with E-state index in [0.29, 0.717) is 184 Å². The number of aromatic amines is 10. The van der Waals surface area contributed by atoms with Gasteiger partial charge in [0.15, 0.2) is 0 Å². The Kier molecular flexibility index (Phi) is 27.7. The van der Waals surface area contributed by atoms with Crippen LogP contribution in [0.3, 0.4) is 0 Å². The van der Waals surface area contributed by atoms with Gasteiger partial charge in [-0.15, -0.1) is 0 Å². The summed E-state index contributed by atoms with van der Waals surface area (Å²) in [4.78, 5) is 136. The van der Waals surface area contributed by atoms with Gasteiger partial charge in [0.1, 0.15) is 119 Å². The molecule has 2 aliphatic rings. The number of hydrogen-bond acceptors (Lipinski definition) is 26. The number of fused-ring (bicyclic) bond motifs is 15. The third-order valence-corrected chi connectivity index (χ3v) is 26.7. The van der Waals surface area contributed by atoms with Gasteiger partial charge in [-0.2, -0.15) is 25.5 Å². The Bertz CT molecular complexity index is 8670. The van der Waals surface area contributed by atoms with Crippen molar-refractivity contribution in [3.8, 4) is 56.3 Å². The highest BCUT2D eigenvalue weighted by atomic mass is 16.5. The molecule has 1 aliphatic heterocycles. The van der Waals surface area contributed by atoms with Crippen LogP contribution >= 0.6 is 0 Å². The number of rotatable bonds is 24. The molecule has 43 nitrogen and oxygen atoms in total. The number of amides is 6. The maximum absolute atomic E-state index is 12.9. The number of nitrogens with zero attached hydrogens (tertiary/aromatic N) is 22. The lowest BCUT2D eigenvalue weighted by Crippen LogP contribution is -2.47. The van der Waals surface area contributed by atoms with Gasteiger partial charge in [-0.1, -0.05) is 60.2 Å². The Labute approximate surface area is 850 Å². The van der Waals surface area contributed by atoms with Gasteiger partial charge in [-0.05, 0) is 163 Å². The molecule has 6 amide bonds. The highest BCUT2D eigenvalue weighted by molar-refractivity contribution is 6.12. The van der Waals surface area contributed by atoms with E-state index in [1.165, 1.54) is 0 Å². The number of nitrogens with two attached hydrogens (primary N) is 5. The van der Waals surface area contributed by atoms with Crippen molar-refractivity contribution in [3.63, 3.8) is 0 Å². The molecule has 16 aromatic heterocycles. The second-order valence-electron chi connectivity index (χ2n) is 36.5. The van der Waals surface area contributed by atoms with Gasteiger partial charge < -0.3 is 92.3 Å². The third kappa shape index (κ3) is 20.6. The van der Waals surface area contributed by atoms with Crippen LogP contribution in [0.5, 0.6) is 0 Å². The number of carbonyl (C=O) groups excluding carboxylic acids is 5. The molecule has 0 unspecified atom stereocenters. The topological polar surface area (TPSA) is 600 Å². The Morgan fingerprint density at radius 1 is 0.376 bits per heavy atom. The summed E-state index contributed by atoms with van der Waals surface area (Å²) in [6, 6.07) is 51.0. The van der Waals surface area contributed by atoms with E-state index in [0.717, 1.165) is 168 Å². The van der Waals surface area contributed by atoms with E-state index < -0.39 is 0 Å². The smallest absolute Gasteiger partial charge is 0.320 e. The van der Waals surface area contributed by atoms with Gasteiger partial charge in [0.05, 0.1) is 108 Å². The molecule has 1 saturated carbocycles. The highest BCUT2D eigenvalue weighted by Gasteiger charge is 2.34. The molecular formula is C106H111N37O6. The number of nitrogen functional groups attached to an aromatic ring is 5. The van der Waals surface area contributed by atoms with Gasteiger partial charge in [-0.3, -0.25) is 44.7 Å². The number of benzene rings is 6. The van der Waals surface area contributed by atoms with E-state index in [4.69, 9.17) is 53.3 Å². The summed E-state index contributed by atoms with van der Waals surface area (Å²) in [5, 5.41) is 39.3. The van der Waals surface area contributed by atoms with Gasteiger partial charge in [-0.25, -0.2) is 54.6 Å². The first-order chi connectivity index (χ1) is 72.4. The first kappa shape index (κ1) is 97.6. The summed E-state index contributed by atoms with van der Waals surface area (Å²) >= 11 is 0. The summed E-state index contributed by atoms with van der Waals surface area (Å²) in [5.74, 6) is 5.79. The minimum absolute atomic E-state index is 0.00751. The van der Waals surface area contributed by atoms with Crippen molar-refractivity contribution in [1.82, 2.24) is 160 Å². The van der Waals surface area contributed by atoms with E-state index in [-0.39, 0.29) is 35.6 Å². The van der Waals surface area contributed by atoms with Crippen LogP contribution in [0.15, 0.2) is 195 Å². The molecular weight excluding hydrogens is 1890 g/mol. The number of likely N-dealkylation sites (N-methyl/N-ethyl adjacent to an activating group) is 1. The van der Waals surface area contributed by atoms with E-state index in [2.05, 4.69) is 106 Å². The number of aromatic nitrogens is 26. The van der Waals surface area contributed by atoms with Crippen LogP contribution in [0.2, 0.25) is 0 Å². The zero-order valence-corrected chi connectivity index (χ0v) is 83.2. The first-order valence-electron chi connectivity index (χ1n) is 49.2. The van der Waals surface area contributed by atoms with Crippen molar-refractivity contribution in [2.75, 3.05) is 87.7 Å². The van der Waals surface area contributed by atoms with Gasteiger partial charge in [0, 0.05) is 158 Å². The van der Waals surface area contributed by atoms with Crippen molar-refractivity contribution in [2.45, 2.75) is 100 Å². The molecule has 0 atom stereocenters. The van der Waals surface area contributed by atoms with Gasteiger partial charge in [0.25, 0.3) is 5.91 Å². The predicted octanol–water partition coefficient (Wildman–Crippen LogP) is 14.7. The molecule has 24 rings (SSSR count). The minimum atomic E-state index is -0.0457. The average Bonchev–Trinajstić information content (AvgIpc) is 1.64. The Morgan fingerprint density at radius 3 is 0.993 bits per heavy atom. The number of nitrogens with one attached hydrogen (secondary N) is 10. The lowest BCUT2D eigenvalue weighted by molar-refractivity contribution is -0.133. The van der Waals surface area contributed by atoms with Crippen LogP contribution in [-0.2, 0) is 65.3 Å². The quantitative estimate of drug-likeness (QED) is 0.0267. The number of imidazole rings is 5. The molecule has 22 aromatic rings. The highest BCUT2D eigenvalue weighted by Crippen LogP contribution is 2.38. The number of hydrogen-bond donors (Lipinski definition) is 15. The van der Waals surface area contributed by atoms with Crippen LogP contribution in [0, 0.1) is 12.8 Å². The number of carbonyl (C=O) groups is 5. The van der Waals surface area contributed by atoms with Crippen LogP contribution in [0.1, 0.15) is 105 Å². The zero-order valence-electron chi connectivity index (χ0n) is 83.2. The number of anilines is 5. The minimum Gasteiger partial charge on any atom is -0.382 e. The van der Waals surface area contributed by atoms with Crippen molar-refractivity contribution in [2.24, 2.45) is 13.0 Å². The molecule has 149 heavy (non-hydrogen) atoms. The van der Waals surface area contributed by atoms with Crippen LogP contribution in [0.4, 0.5) is 33.9 Å². The Hall–Kier alpha value is -18.8. The molecule has 1 aliphatic carbocycles. The summed E-state index contributed by atoms with van der Waals surface area (Å²) in [5.41, 5.74) is 54.4. The summed E-state index contributed by atoms with van der Waals surface area (Å²) < 4.78 is 7.17. The van der Waals surface area contributed by atoms with Crippen molar-refractivity contribution in [3.05, 3.63) is 241 Å². The van der Waals surface area contributed by atoms with E-state index in [1.54, 1.807) is 57.5 Å². The molecule has 6 aromatic carbocycles. The number of aryl methyl sites for hydroxylation is 2. The van der Waals surface area contributed by atoms with Crippen molar-refractivity contribution in [1.29, 1.82) is 0 Å². The van der Waals surface area contributed by atoms with E-state index in [9.17, 15) is 24.0 Å².